The van der Waals surface area contributed by atoms with Gasteiger partial charge >= 0.3 is 0 Å². The van der Waals surface area contributed by atoms with Gasteiger partial charge in [-0.25, -0.2) is 0 Å². The SMILES string of the molecule is NC(=O)C1(CCC(=O)N2CCC3C2C(=O)CN3C(=O)c2ccccc2)CC1. The van der Waals surface area contributed by atoms with E-state index in [4.69, 9.17) is 5.73 Å². The van der Waals surface area contributed by atoms with Crippen LogP contribution >= 0.6 is 0 Å². The minimum atomic E-state index is -0.561. The summed E-state index contributed by atoms with van der Waals surface area (Å²) in [5.74, 6) is -0.730. The molecule has 2 atom stereocenters. The van der Waals surface area contributed by atoms with Crippen molar-refractivity contribution in [1.82, 2.24) is 9.80 Å². The summed E-state index contributed by atoms with van der Waals surface area (Å²) in [6.45, 7) is 0.500. The molecular weight excluding hydrogens is 346 g/mol. The molecule has 27 heavy (non-hydrogen) atoms. The summed E-state index contributed by atoms with van der Waals surface area (Å²) in [5.41, 5.74) is 5.45. The van der Waals surface area contributed by atoms with Crippen molar-refractivity contribution in [2.24, 2.45) is 11.1 Å². The van der Waals surface area contributed by atoms with Crippen LogP contribution in [0.15, 0.2) is 30.3 Å². The zero-order valence-electron chi connectivity index (χ0n) is 15.1. The minimum Gasteiger partial charge on any atom is -0.369 e. The van der Waals surface area contributed by atoms with Gasteiger partial charge in [-0.2, -0.15) is 0 Å². The molecule has 2 heterocycles. The number of nitrogens with zero attached hydrogens (tertiary/aromatic N) is 2. The first kappa shape index (κ1) is 17.7. The van der Waals surface area contributed by atoms with Gasteiger partial charge in [-0.3, -0.25) is 19.2 Å². The molecule has 1 aromatic rings. The Labute approximate surface area is 157 Å². The number of carbonyl (C=O) groups is 4. The van der Waals surface area contributed by atoms with Crippen LogP contribution in [-0.4, -0.2) is 58.5 Å². The first-order valence-electron chi connectivity index (χ1n) is 9.41. The summed E-state index contributed by atoms with van der Waals surface area (Å²) in [5, 5.41) is 0. The Morgan fingerprint density at radius 2 is 1.81 bits per heavy atom. The van der Waals surface area contributed by atoms with Crippen LogP contribution in [0.25, 0.3) is 0 Å². The quantitative estimate of drug-likeness (QED) is 0.827. The first-order valence-corrected chi connectivity index (χ1v) is 9.41. The van der Waals surface area contributed by atoms with Crippen molar-refractivity contribution in [2.75, 3.05) is 13.1 Å². The summed E-state index contributed by atoms with van der Waals surface area (Å²) in [6, 6.07) is 8.06. The lowest BCUT2D eigenvalue weighted by atomic mass is 9.99. The highest BCUT2D eigenvalue weighted by Crippen LogP contribution is 2.49. The molecule has 2 aliphatic heterocycles. The van der Waals surface area contributed by atoms with Gasteiger partial charge in [0.05, 0.1) is 12.6 Å². The van der Waals surface area contributed by atoms with Gasteiger partial charge in [0.1, 0.15) is 6.04 Å². The third-order valence-corrected chi connectivity index (χ3v) is 6.22. The van der Waals surface area contributed by atoms with Crippen molar-refractivity contribution in [2.45, 2.75) is 44.2 Å². The number of carbonyl (C=O) groups excluding carboxylic acids is 4. The van der Waals surface area contributed by atoms with Gasteiger partial charge in [-0.1, -0.05) is 18.2 Å². The molecule has 2 N–H and O–H groups in total. The third-order valence-electron chi connectivity index (χ3n) is 6.22. The molecule has 2 saturated heterocycles. The van der Waals surface area contributed by atoms with Gasteiger partial charge < -0.3 is 15.5 Å². The number of amides is 3. The number of nitrogens with two attached hydrogens (primary N) is 1. The molecule has 0 aromatic heterocycles. The van der Waals surface area contributed by atoms with Crippen LogP contribution < -0.4 is 5.73 Å². The highest BCUT2D eigenvalue weighted by Gasteiger charge is 2.52. The van der Waals surface area contributed by atoms with E-state index in [1.54, 1.807) is 34.1 Å². The molecule has 0 spiro atoms. The van der Waals surface area contributed by atoms with Gasteiger partial charge in [0.25, 0.3) is 5.91 Å². The molecule has 3 amide bonds. The van der Waals surface area contributed by atoms with E-state index in [1.165, 1.54) is 0 Å². The molecule has 1 aliphatic carbocycles. The number of primary amides is 1. The van der Waals surface area contributed by atoms with Crippen LogP contribution in [0.4, 0.5) is 0 Å². The van der Waals surface area contributed by atoms with E-state index < -0.39 is 11.5 Å². The Kier molecular flexibility index (Phi) is 4.25. The number of hydrogen-bond acceptors (Lipinski definition) is 4. The van der Waals surface area contributed by atoms with E-state index >= 15 is 0 Å². The fourth-order valence-corrected chi connectivity index (χ4v) is 4.38. The normalized spacial score (nSPS) is 25.4. The second-order valence-electron chi connectivity index (χ2n) is 7.80. The van der Waals surface area contributed by atoms with Crippen molar-refractivity contribution in [3.8, 4) is 0 Å². The summed E-state index contributed by atoms with van der Waals surface area (Å²) in [7, 11) is 0. The number of hydrogen-bond donors (Lipinski definition) is 1. The maximum absolute atomic E-state index is 12.8. The second-order valence-corrected chi connectivity index (χ2v) is 7.80. The van der Waals surface area contributed by atoms with E-state index in [1.807, 2.05) is 6.07 Å². The largest absolute Gasteiger partial charge is 0.369 e. The molecule has 7 nitrogen and oxygen atoms in total. The van der Waals surface area contributed by atoms with Gasteiger partial charge in [0.15, 0.2) is 5.78 Å². The maximum atomic E-state index is 12.8. The average Bonchev–Trinajstić information content (AvgIpc) is 3.23. The summed E-state index contributed by atoms with van der Waals surface area (Å²) >= 11 is 0. The molecule has 3 aliphatic rings. The average molecular weight is 369 g/mol. The smallest absolute Gasteiger partial charge is 0.254 e. The van der Waals surface area contributed by atoms with Crippen molar-refractivity contribution in [3.05, 3.63) is 35.9 Å². The van der Waals surface area contributed by atoms with Gasteiger partial charge in [-0.15, -0.1) is 0 Å². The second kappa shape index (κ2) is 6.48. The van der Waals surface area contributed by atoms with Crippen LogP contribution in [0.5, 0.6) is 0 Å². The Morgan fingerprint density at radius 1 is 1.11 bits per heavy atom. The molecule has 0 bridgehead atoms. The van der Waals surface area contributed by atoms with Crippen molar-refractivity contribution in [1.29, 1.82) is 0 Å². The first-order chi connectivity index (χ1) is 12.9. The van der Waals surface area contributed by atoms with E-state index in [0.717, 1.165) is 12.8 Å². The fourth-order valence-electron chi connectivity index (χ4n) is 4.38. The summed E-state index contributed by atoms with van der Waals surface area (Å²) in [6.07, 6.45) is 2.73. The lowest BCUT2D eigenvalue weighted by molar-refractivity contribution is -0.137. The Balaban J connectivity index is 1.44. The maximum Gasteiger partial charge on any atom is 0.254 e. The third kappa shape index (κ3) is 3.01. The monoisotopic (exact) mass is 369 g/mol. The van der Waals surface area contributed by atoms with Crippen LogP contribution in [0, 0.1) is 5.41 Å². The zero-order valence-corrected chi connectivity index (χ0v) is 15.1. The van der Waals surface area contributed by atoms with Crippen LogP contribution in [0.2, 0.25) is 0 Å². The lowest BCUT2D eigenvalue weighted by Crippen LogP contribution is -2.43. The number of ketones is 1. The van der Waals surface area contributed by atoms with Crippen LogP contribution in [0.1, 0.15) is 42.5 Å². The lowest BCUT2D eigenvalue weighted by Gasteiger charge is -2.25. The zero-order chi connectivity index (χ0) is 19.2. The van der Waals surface area contributed by atoms with Crippen molar-refractivity contribution < 1.29 is 19.2 Å². The predicted octanol–water partition coefficient (Wildman–Crippen LogP) is 0.727. The topological polar surface area (TPSA) is 101 Å². The van der Waals surface area contributed by atoms with Crippen molar-refractivity contribution >= 4 is 23.5 Å². The van der Waals surface area contributed by atoms with E-state index in [9.17, 15) is 19.2 Å². The predicted molar refractivity (Wildman–Crippen MR) is 96.5 cm³/mol. The van der Waals surface area contributed by atoms with Gasteiger partial charge in [-0.05, 0) is 37.8 Å². The van der Waals surface area contributed by atoms with Gasteiger partial charge in [0, 0.05) is 23.9 Å². The molecule has 1 saturated carbocycles. The number of benzene rings is 1. The van der Waals surface area contributed by atoms with E-state index in [0.29, 0.717) is 24.9 Å². The van der Waals surface area contributed by atoms with E-state index in [2.05, 4.69) is 0 Å². The number of rotatable bonds is 5. The fraction of sp³-hybridized carbons (Fsp3) is 0.500. The molecule has 3 fully saturated rings. The van der Waals surface area contributed by atoms with Crippen LogP contribution in [0.3, 0.4) is 0 Å². The molecule has 7 heteroatoms. The van der Waals surface area contributed by atoms with Gasteiger partial charge in [0.2, 0.25) is 11.8 Å². The minimum absolute atomic E-state index is 0.0397. The summed E-state index contributed by atoms with van der Waals surface area (Å²) in [4.78, 5) is 52.7. The number of Topliss-reactive ketones (excluding diaryl/α,β-unsaturated/α-hetero) is 1. The molecule has 142 valence electrons. The van der Waals surface area contributed by atoms with E-state index in [-0.39, 0.29) is 42.5 Å². The molecule has 0 radical (unpaired) electrons. The number of fused-ring (bicyclic) bond motifs is 1. The Bertz CT molecular complexity index is 803. The Morgan fingerprint density at radius 3 is 2.44 bits per heavy atom. The molecule has 4 rings (SSSR count). The Hall–Kier alpha value is -2.70. The highest BCUT2D eigenvalue weighted by atomic mass is 16.2. The molecule has 1 aromatic carbocycles. The van der Waals surface area contributed by atoms with Crippen molar-refractivity contribution in [3.63, 3.8) is 0 Å². The van der Waals surface area contributed by atoms with Crippen LogP contribution in [-0.2, 0) is 14.4 Å². The molecular formula is C20H23N3O4. The highest BCUT2D eigenvalue weighted by molar-refractivity contribution is 6.02. The molecule has 2 unspecified atom stereocenters. The number of likely N-dealkylation sites (tertiary alicyclic amines) is 2. The summed E-state index contributed by atoms with van der Waals surface area (Å²) < 4.78 is 0. The standard InChI is InChI=1S/C20H23N3O4/c21-19(27)20(9-10-20)8-6-16(25)22-11-7-14-17(22)15(24)12-23(14)18(26)13-4-2-1-3-5-13/h1-5,14,17H,6-12H2,(H2,21,27).